The first-order chi connectivity index (χ1) is 21.3. The van der Waals surface area contributed by atoms with Crippen molar-refractivity contribution in [3.63, 3.8) is 0 Å². The van der Waals surface area contributed by atoms with Crippen molar-refractivity contribution < 1.29 is 0 Å². The quantitative estimate of drug-likeness (QED) is 0.202. The van der Waals surface area contributed by atoms with Crippen molar-refractivity contribution in [3.05, 3.63) is 132 Å². The molecule has 0 radical (unpaired) electrons. The van der Waals surface area contributed by atoms with E-state index < -0.39 is 0 Å². The Hall–Kier alpha value is -5.07. The molecule has 0 unspecified atom stereocenters. The van der Waals surface area contributed by atoms with Crippen LogP contribution in [0.1, 0.15) is 45.1 Å². The van der Waals surface area contributed by atoms with Crippen LogP contribution in [0.25, 0.3) is 32.3 Å². The van der Waals surface area contributed by atoms with Crippen LogP contribution in [-0.4, -0.2) is 6.54 Å². The number of rotatable bonds is 4. The van der Waals surface area contributed by atoms with E-state index in [1.165, 1.54) is 62.1 Å². The Labute approximate surface area is 253 Å². The van der Waals surface area contributed by atoms with E-state index in [2.05, 4.69) is 101 Å². The highest BCUT2D eigenvalue weighted by molar-refractivity contribution is 6.27. The number of hydrogen-bond acceptors (Lipinski definition) is 3. The van der Waals surface area contributed by atoms with Crippen LogP contribution in [0.4, 0.5) is 22.7 Å². The minimum absolute atomic E-state index is 0.653. The number of hydrogen-bond donors (Lipinski definition) is 0. The van der Waals surface area contributed by atoms with Gasteiger partial charge in [-0.15, -0.1) is 0 Å². The molecule has 3 nitrogen and oxygen atoms in total. The fraction of sp³-hybridized carbons (Fsp3) is 0.175. The highest BCUT2D eigenvalue weighted by Gasteiger charge is 2.25. The number of nitriles is 1. The molecule has 6 aromatic rings. The van der Waals surface area contributed by atoms with Gasteiger partial charge >= 0.3 is 0 Å². The maximum atomic E-state index is 10.0. The van der Waals surface area contributed by atoms with Gasteiger partial charge in [-0.25, -0.2) is 0 Å². The largest absolute Gasteiger partial charge is 0.344 e. The number of para-hydroxylation sites is 2. The summed E-state index contributed by atoms with van der Waals surface area (Å²) in [5.41, 5.74) is 7.96. The maximum Gasteiger partial charge on any atom is 0.101 e. The molecule has 0 bridgehead atoms. The summed E-state index contributed by atoms with van der Waals surface area (Å²) in [6.45, 7) is 5.06. The van der Waals surface area contributed by atoms with Gasteiger partial charge in [0.1, 0.15) is 6.07 Å². The molecular formula is C40H35N3. The Morgan fingerprint density at radius 3 is 2.21 bits per heavy atom. The van der Waals surface area contributed by atoms with Crippen LogP contribution in [0, 0.1) is 11.3 Å². The second kappa shape index (κ2) is 11.3. The lowest BCUT2D eigenvalue weighted by Gasteiger charge is -2.36. The van der Waals surface area contributed by atoms with Gasteiger partial charge in [-0.1, -0.05) is 92.7 Å². The van der Waals surface area contributed by atoms with E-state index >= 15 is 0 Å². The number of allylic oxidation sites excluding steroid dienone is 4. The van der Waals surface area contributed by atoms with Crippen LogP contribution in [0.15, 0.2) is 127 Å². The third kappa shape index (κ3) is 4.42. The monoisotopic (exact) mass is 557 g/mol. The smallest absolute Gasteiger partial charge is 0.101 e. The SMILES string of the molecule is CC.N#Cc1ccccc1N(c1ccccc1)c1ccc2ccc3c(N4CCCC5=C4CCC=C5)ccc4ccc1c2c43. The summed E-state index contributed by atoms with van der Waals surface area (Å²) in [7, 11) is 0. The van der Waals surface area contributed by atoms with Crippen molar-refractivity contribution in [2.75, 3.05) is 16.3 Å². The predicted octanol–water partition coefficient (Wildman–Crippen LogP) is 11.2. The summed E-state index contributed by atoms with van der Waals surface area (Å²) in [5, 5.41) is 17.6. The van der Waals surface area contributed by atoms with Crippen LogP contribution in [0.3, 0.4) is 0 Å². The third-order valence-electron chi connectivity index (χ3n) is 8.82. The van der Waals surface area contributed by atoms with Crippen LogP contribution in [0.5, 0.6) is 0 Å². The second-order valence-corrected chi connectivity index (χ2v) is 11.1. The molecule has 8 rings (SSSR count). The Bertz CT molecular complexity index is 2040. The van der Waals surface area contributed by atoms with Crippen LogP contribution < -0.4 is 9.80 Å². The summed E-state index contributed by atoms with van der Waals surface area (Å²) in [4.78, 5) is 4.83. The minimum Gasteiger partial charge on any atom is -0.344 e. The zero-order valence-corrected chi connectivity index (χ0v) is 24.8. The molecular weight excluding hydrogens is 522 g/mol. The van der Waals surface area contributed by atoms with Crippen molar-refractivity contribution in [2.45, 2.75) is 39.5 Å². The van der Waals surface area contributed by atoms with Crippen molar-refractivity contribution in [2.24, 2.45) is 0 Å². The molecule has 1 aliphatic carbocycles. The van der Waals surface area contributed by atoms with E-state index in [-0.39, 0.29) is 0 Å². The molecule has 0 aromatic heterocycles. The number of nitrogens with zero attached hydrogens (tertiary/aromatic N) is 3. The van der Waals surface area contributed by atoms with Gasteiger partial charge in [0.05, 0.1) is 16.9 Å². The molecule has 43 heavy (non-hydrogen) atoms. The first-order valence-corrected chi connectivity index (χ1v) is 15.5. The van der Waals surface area contributed by atoms with Crippen LogP contribution in [-0.2, 0) is 0 Å². The Balaban J connectivity index is 0.00000147. The molecule has 210 valence electrons. The van der Waals surface area contributed by atoms with E-state index in [1.807, 2.05) is 44.2 Å². The molecule has 2 aliphatic rings. The second-order valence-electron chi connectivity index (χ2n) is 11.1. The summed E-state index contributed by atoms with van der Waals surface area (Å²) < 4.78 is 0. The number of anilines is 4. The lowest BCUT2D eigenvalue weighted by atomic mass is 9.90. The van der Waals surface area contributed by atoms with Crippen LogP contribution in [0.2, 0.25) is 0 Å². The average Bonchev–Trinajstić information content (AvgIpc) is 3.09. The van der Waals surface area contributed by atoms with Crippen molar-refractivity contribution in [3.8, 4) is 6.07 Å². The molecule has 0 fully saturated rings. The average molecular weight is 558 g/mol. The minimum atomic E-state index is 0.653. The maximum absolute atomic E-state index is 10.0. The molecule has 0 amide bonds. The molecule has 1 aliphatic heterocycles. The molecule has 0 N–H and O–H groups in total. The summed E-state index contributed by atoms with van der Waals surface area (Å²) >= 11 is 0. The zero-order chi connectivity index (χ0) is 29.3. The van der Waals surface area contributed by atoms with E-state index in [9.17, 15) is 5.26 Å². The molecule has 0 saturated carbocycles. The van der Waals surface area contributed by atoms with Gasteiger partial charge in [0.15, 0.2) is 0 Å². The third-order valence-corrected chi connectivity index (χ3v) is 8.82. The highest BCUT2D eigenvalue weighted by Crippen LogP contribution is 2.47. The Morgan fingerprint density at radius 1 is 0.698 bits per heavy atom. The summed E-state index contributed by atoms with van der Waals surface area (Å²) in [5.74, 6) is 0. The molecule has 6 aromatic carbocycles. The normalized spacial score (nSPS) is 14.5. The van der Waals surface area contributed by atoms with Crippen LogP contribution >= 0.6 is 0 Å². The lowest BCUT2D eigenvalue weighted by molar-refractivity contribution is 0.693. The predicted molar refractivity (Wildman–Crippen MR) is 183 cm³/mol. The highest BCUT2D eigenvalue weighted by atomic mass is 15.2. The number of benzene rings is 6. The van der Waals surface area contributed by atoms with Gasteiger partial charge in [0.25, 0.3) is 0 Å². The van der Waals surface area contributed by atoms with E-state index in [1.54, 1.807) is 0 Å². The Kier molecular flexibility index (Phi) is 7.05. The standard InChI is InChI=1S/C38H29N3.C2H6/c39-25-29-10-5-7-15-34(29)41(30-12-2-1-3-13-30)36-23-19-28-16-20-31-35(22-18-27-17-21-32(36)38(28)37(27)31)40-24-8-11-26-9-4-6-14-33(26)40;1-2/h1-5,7,9-10,12-13,15-23H,6,8,11,14,24H2;1-2H3. The fourth-order valence-electron chi connectivity index (χ4n) is 7.02. The van der Waals surface area contributed by atoms with Gasteiger partial charge in [0.2, 0.25) is 0 Å². The lowest BCUT2D eigenvalue weighted by Crippen LogP contribution is -2.29. The van der Waals surface area contributed by atoms with Gasteiger partial charge in [0, 0.05) is 34.4 Å². The van der Waals surface area contributed by atoms with Gasteiger partial charge in [-0.05, 0) is 89.2 Å². The topological polar surface area (TPSA) is 30.3 Å². The molecule has 0 spiro atoms. The van der Waals surface area contributed by atoms with E-state index in [0.29, 0.717) is 5.56 Å². The van der Waals surface area contributed by atoms with Gasteiger partial charge in [-0.2, -0.15) is 5.26 Å². The molecule has 3 heteroatoms. The van der Waals surface area contributed by atoms with Crippen molar-refractivity contribution >= 4 is 55.1 Å². The Morgan fingerprint density at radius 2 is 1.40 bits per heavy atom. The zero-order valence-electron chi connectivity index (χ0n) is 24.8. The van der Waals surface area contributed by atoms with Gasteiger partial charge in [-0.3, -0.25) is 0 Å². The van der Waals surface area contributed by atoms with Gasteiger partial charge < -0.3 is 9.80 Å². The van der Waals surface area contributed by atoms with Crippen molar-refractivity contribution in [1.82, 2.24) is 0 Å². The molecule has 0 atom stereocenters. The van der Waals surface area contributed by atoms with Crippen molar-refractivity contribution in [1.29, 1.82) is 5.26 Å². The summed E-state index contributed by atoms with van der Waals surface area (Å²) in [6, 6.07) is 38.9. The molecule has 0 saturated heterocycles. The fourth-order valence-corrected chi connectivity index (χ4v) is 7.02. The van der Waals surface area contributed by atoms with E-state index in [0.717, 1.165) is 36.4 Å². The first-order valence-electron chi connectivity index (χ1n) is 15.5. The molecule has 1 heterocycles. The first kappa shape index (κ1) is 26.8. The summed E-state index contributed by atoms with van der Waals surface area (Å²) in [6.07, 6.45) is 9.27. The van der Waals surface area contributed by atoms with E-state index in [4.69, 9.17) is 0 Å².